The second-order valence-corrected chi connectivity index (χ2v) is 7.30. The van der Waals surface area contributed by atoms with Crippen molar-refractivity contribution >= 4 is 22.8 Å². The van der Waals surface area contributed by atoms with Gasteiger partial charge in [-0.15, -0.1) is 0 Å². The van der Waals surface area contributed by atoms with Crippen molar-refractivity contribution in [1.29, 1.82) is 0 Å². The Bertz CT molecular complexity index is 1330. The summed E-state index contributed by atoms with van der Waals surface area (Å²) in [6.07, 6.45) is 5.30. The van der Waals surface area contributed by atoms with Crippen LogP contribution < -0.4 is 11.1 Å². The Labute approximate surface area is 179 Å². The average molecular weight is 407 g/mol. The van der Waals surface area contributed by atoms with Gasteiger partial charge in [0.15, 0.2) is 0 Å². The molecule has 5 aromatic rings. The Morgan fingerprint density at radius 2 is 1.74 bits per heavy atom. The molecule has 0 fully saturated rings. The lowest BCUT2D eigenvalue weighted by Gasteiger charge is -2.14. The van der Waals surface area contributed by atoms with E-state index in [-0.39, 0.29) is 6.04 Å². The zero-order valence-electron chi connectivity index (χ0n) is 17.0. The van der Waals surface area contributed by atoms with E-state index in [1.54, 1.807) is 24.8 Å². The quantitative estimate of drug-likeness (QED) is 0.441. The van der Waals surface area contributed by atoms with Gasteiger partial charge in [-0.3, -0.25) is 4.57 Å². The van der Waals surface area contributed by atoms with E-state index < -0.39 is 0 Å². The summed E-state index contributed by atoms with van der Waals surface area (Å²) in [4.78, 5) is 17.8. The molecule has 0 aliphatic carbocycles. The molecule has 0 aliphatic rings. The zero-order valence-corrected chi connectivity index (χ0v) is 17.0. The smallest absolute Gasteiger partial charge is 0.225 e. The molecule has 0 amide bonds. The van der Waals surface area contributed by atoms with Gasteiger partial charge in [0.1, 0.15) is 18.0 Å². The first-order valence-electron chi connectivity index (χ1n) is 10.0. The molecule has 1 atom stereocenters. The molecule has 7 nitrogen and oxygen atoms in total. The molecule has 3 heterocycles. The molecule has 7 heteroatoms. The molecule has 3 aromatic heterocycles. The van der Waals surface area contributed by atoms with E-state index in [1.165, 1.54) is 5.56 Å². The van der Waals surface area contributed by atoms with Crippen molar-refractivity contribution in [3.8, 4) is 16.9 Å². The molecule has 0 unspecified atom stereocenters. The van der Waals surface area contributed by atoms with Crippen LogP contribution >= 0.6 is 0 Å². The van der Waals surface area contributed by atoms with Crippen molar-refractivity contribution in [2.45, 2.75) is 13.0 Å². The molecule has 0 saturated heterocycles. The van der Waals surface area contributed by atoms with Crippen LogP contribution in [0.15, 0.2) is 85.5 Å². The van der Waals surface area contributed by atoms with Gasteiger partial charge >= 0.3 is 0 Å². The molecule has 0 spiro atoms. The predicted molar refractivity (Wildman–Crippen MR) is 123 cm³/mol. The first kappa shape index (κ1) is 18.7. The van der Waals surface area contributed by atoms with Crippen LogP contribution in [0.3, 0.4) is 0 Å². The van der Waals surface area contributed by atoms with E-state index in [2.05, 4.69) is 39.3 Å². The van der Waals surface area contributed by atoms with Gasteiger partial charge in [-0.25, -0.2) is 15.0 Å². The lowest BCUT2D eigenvalue weighted by atomic mass is 10.1. The minimum atomic E-state index is 0.0899. The van der Waals surface area contributed by atoms with Crippen LogP contribution in [0.5, 0.6) is 0 Å². The molecule has 2 aromatic carbocycles. The third-order valence-corrected chi connectivity index (χ3v) is 5.20. The molecule has 0 radical (unpaired) electrons. The number of nitrogen functional groups attached to an aromatic ring is 1. The van der Waals surface area contributed by atoms with Crippen molar-refractivity contribution in [2.75, 3.05) is 11.1 Å². The third-order valence-electron chi connectivity index (χ3n) is 5.20. The first-order chi connectivity index (χ1) is 15.2. The number of nitrogens with two attached hydrogens (primary N) is 1. The second kappa shape index (κ2) is 7.87. The van der Waals surface area contributed by atoms with Gasteiger partial charge in [0, 0.05) is 18.0 Å². The molecule has 31 heavy (non-hydrogen) atoms. The standard InChI is InChI=1S/C24H21N7/c1-16(17-5-3-2-4-6-17)29-24-26-12-11-23(30-24)31-15-28-20-13-18(7-9-21(20)31)19-8-10-22(25)27-14-19/h2-16H,1H3,(H2,25,27)(H,26,29,30)/t16-/m0/s1. The summed E-state index contributed by atoms with van der Waals surface area (Å²) >= 11 is 0. The van der Waals surface area contributed by atoms with Crippen molar-refractivity contribution in [3.05, 3.63) is 91.0 Å². The Morgan fingerprint density at radius 1 is 0.903 bits per heavy atom. The topological polar surface area (TPSA) is 94.5 Å². The third kappa shape index (κ3) is 3.81. The fourth-order valence-corrected chi connectivity index (χ4v) is 3.52. The maximum absolute atomic E-state index is 5.69. The maximum atomic E-state index is 5.69. The normalized spacial score (nSPS) is 12.0. The highest BCUT2D eigenvalue weighted by Crippen LogP contribution is 2.25. The first-order valence-corrected chi connectivity index (χ1v) is 10.0. The highest BCUT2D eigenvalue weighted by molar-refractivity contribution is 5.83. The number of aromatic nitrogens is 5. The van der Waals surface area contributed by atoms with Gasteiger partial charge < -0.3 is 11.1 Å². The predicted octanol–water partition coefficient (Wildman–Crippen LogP) is 4.63. The van der Waals surface area contributed by atoms with Gasteiger partial charge in [-0.05, 0) is 48.4 Å². The lowest BCUT2D eigenvalue weighted by Crippen LogP contribution is -2.10. The summed E-state index contributed by atoms with van der Waals surface area (Å²) in [5, 5.41) is 3.37. The Hall–Kier alpha value is -4.26. The summed E-state index contributed by atoms with van der Waals surface area (Å²) < 4.78 is 1.96. The number of imidazole rings is 1. The van der Waals surface area contributed by atoms with E-state index in [4.69, 9.17) is 10.7 Å². The fraction of sp³-hybridized carbons (Fsp3) is 0.0833. The summed E-state index contributed by atoms with van der Waals surface area (Å²) in [5.74, 6) is 1.83. The highest BCUT2D eigenvalue weighted by Gasteiger charge is 2.11. The summed E-state index contributed by atoms with van der Waals surface area (Å²) in [6, 6.07) is 22.1. The van der Waals surface area contributed by atoms with E-state index in [9.17, 15) is 0 Å². The highest BCUT2D eigenvalue weighted by atomic mass is 15.2. The van der Waals surface area contributed by atoms with Crippen LogP contribution in [0, 0.1) is 0 Å². The van der Waals surface area contributed by atoms with Crippen LogP contribution in [0.4, 0.5) is 11.8 Å². The molecular weight excluding hydrogens is 386 g/mol. The van der Waals surface area contributed by atoms with Crippen molar-refractivity contribution in [3.63, 3.8) is 0 Å². The molecule has 5 rings (SSSR count). The van der Waals surface area contributed by atoms with Gasteiger partial charge in [0.05, 0.1) is 17.1 Å². The largest absolute Gasteiger partial charge is 0.384 e. The number of rotatable bonds is 5. The van der Waals surface area contributed by atoms with Crippen molar-refractivity contribution in [2.24, 2.45) is 0 Å². The van der Waals surface area contributed by atoms with Gasteiger partial charge in [-0.1, -0.05) is 36.4 Å². The lowest BCUT2D eigenvalue weighted by molar-refractivity contribution is 0.854. The number of pyridine rings is 1. The SMILES string of the molecule is C[C@H](Nc1nccc(-n2cnc3cc(-c4ccc(N)nc4)ccc32)n1)c1ccccc1. The summed E-state index contributed by atoms with van der Waals surface area (Å²) in [5.41, 5.74) is 10.7. The van der Waals surface area contributed by atoms with Crippen LogP contribution in [0.25, 0.3) is 28.0 Å². The number of nitrogens with zero attached hydrogens (tertiary/aromatic N) is 5. The van der Waals surface area contributed by atoms with Gasteiger partial charge in [0.2, 0.25) is 5.95 Å². The number of hydrogen-bond acceptors (Lipinski definition) is 6. The molecule has 152 valence electrons. The Morgan fingerprint density at radius 3 is 2.55 bits per heavy atom. The molecule has 3 N–H and O–H groups in total. The van der Waals surface area contributed by atoms with Crippen molar-refractivity contribution < 1.29 is 0 Å². The maximum Gasteiger partial charge on any atom is 0.225 e. The van der Waals surface area contributed by atoms with E-state index >= 15 is 0 Å². The fourth-order valence-electron chi connectivity index (χ4n) is 3.52. The monoisotopic (exact) mass is 407 g/mol. The minimum absolute atomic E-state index is 0.0899. The Kier molecular flexibility index (Phi) is 4.76. The van der Waals surface area contributed by atoms with Gasteiger partial charge in [0.25, 0.3) is 0 Å². The molecule has 0 saturated carbocycles. The molecule has 0 aliphatic heterocycles. The number of anilines is 2. The van der Waals surface area contributed by atoms with E-state index in [1.807, 2.05) is 53.1 Å². The molecular formula is C24H21N7. The Balaban J connectivity index is 1.44. The van der Waals surface area contributed by atoms with Crippen LogP contribution in [-0.2, 0) is 0 Å². The number of benzene rings is 2. The van der Waals surface area contributed by atoms with Crippen LogP contribution in [-0.4, -0.2) is 24.5 Å². The van der Waals surface area contributed by atoms with Crippen molar-refractivity contribution in [1.82, 2.24) is 24.5 Å². The number of hydrogen-bond donors (Lipinski definition) is 2. The average Bonchev–Trinajstić information content (AvgIpc) is 3.24. The van der Waals surface area contributed by atoms with E-state index in [0.717, 1.165) is 28.0 Å². The van der Waals surface area contributed by atoms with Crippen LogP contribution in [0.2, 0.25) is 0 Å². The van der Waals surface area contributed by atoms with Crippen LogP contribution in [0.1, 0.15) is 18.5 Å². The minimum Gasteiger partial charge on any atom is -0.384 e. The van der Waals surface area contributed by atoms with Gasteiger partial charge in [-0.2, -0.15) is 4.98 Å². The molecule has 0 bridgehead atoms. The second-order valence-electron chi connectivity index (χ2n) is 7.30. The summed E-state index contributed by atoms with van der Waals surface area (Å²) in [7, 11) is 0. The number of nitrogens with one attached hydrogen (secondary N) is 1. The number of fused-ring (bicyclic) bond motifs is 1. The summed E-state index contributed by atoms with van der Waals surface area (Å²) in [6.45, 7) is 2.09. The zero-order chi connectivity index (χ0) is 21.2. The van der Waals surface area contributed by atoms with E-state index in [0.29, 0.717) is 11.8 Å².